The van der Waals surface area contributed by atoms with Crippen LogP contribution in [0.3, 0.4) is 0 Å². The lowest BCUT2D eigenvalue weighted by Crippen LogP contribution is -2.32. The first-order valence-electron chi connectivity index (χ1n) is 5.64. The number of rotatable bonds is 5. The van der Waals surface area contributed by atoms with Crippen LogP contribution in [0.15, 0.2) is 28.7 Å². The number of amides is 1. The Morgan fingerprint density at radius 1 is 1.47 bits per heavy atom. The van der Waals surface area contributed by atoms with Crippen LogP contribution in [0.25, 0.3) is 0 Å². The fourth-order valence-corrected chi connectivity index (χ4v) is 1.87. The monoisotopic (exact) mass is 317 g/mol. The molecule has 1 aromatic carbocycles. The lowest BCUT2D eigenvalue weighted by Gasteiger charge is -2.14. The fourth-order valence-electron chi connectivity index (χ4n) is 1.34. The van der Waals surface area contributed by atoms with E-state index in [4.69, 9.17) is 11.6 Å². The van der Waals surface area contributed by atoms with Gasteiger partial charge >= 0.3 is 0 Å². The molecule has 0 aliphatic rings. The minimum atomic E-state index is -0.0125. The van der Waals surface area contributed by atoms with Crippen LogP contribution in [-0.4, -0.2) is 17.8 Å². The van der Waals surface area contributed by atoms with Crippen LogP contribution < -0.4 is 5.32 Å². The van der Waals surface area contributed by atoms with Crippen LogP contribution in [0.5, 0.6) is 0 Å². The molecule has 17 heavy (non-hydrogen) atoms. The maximum absolute atomic E-state index is 11.7. The molecule has 0 heterocycles. The second-order valence-corrected chi connectivity index (χ2v) is 5.85. The zero-order chi connectivity index (χ0) is 12.8. The summed E-state index contributed by atoms with van der Waals surface area (Å²) in [7, 11) is 0. The maximum Gasteiger partial charge on any atom is 0.224 e. The highest BCUT2D eigenvalue weighted by molar-refractivity contribution is 9.10. The highest BCUT2D eigenvalue weighted by Crippen LogP contribution is 2.12. The molecule has 2 nitrogen and oxygen atoms in total. The Bertz CT molecular complexity index is 381. The molecule has 1 N–H and O–H groups in total. The first-order valence-corrected chi connectivity index (χ1v) is 6.87. The highest BCUT2D eigenvalue weighted by atomic mass is 79.9. The third-order valence-electron chi connectivity index (χ3n) is 2.47. The van der Waals surface area contributed by atoms with Gasteiger partial charge in [-0.25, -0.2) is 0 Å². The molecule has 94 valence electrons. The normalized spacial score (nSPS) is 12.5. The van der Waals surface area contributed by atoms with E-state index in [0.717, 1.165) is 10.0 Å². The predicted molar refractivity (Wildman–Crippen MR) is 75.3 cm³/mol. The minimum Gasteiger partial charge on any atom is -0.354 e. The van der Waals surface area contributed by atoms with E-state index in [1.165, 1.54) is 0 Å². The average molecular weight is 319 g/mol. The van der Waals surface area contributed by atoms with E-state index in [1.807, 2.05) is 38.1 Å². The molecule has 4 heteroatoms. The molecule has 0 aromatic heterocycles. The number of benzene rings is 1. The molecular formula is C13H17BrClNO. The van der Waals surface area contributed by atoms with Crippen LogP contribution in [0.4, 0.5) is 0 Å². The second kappa shape index (κ2) is 7.02. The molecule has 1 rings (SSSR count). The molecule has 0 saturated heterocycles. The first kappa shape index (κ1) is 14.5. The number of nitrogens with one attached hydrogen (secondary N) is 1. The Hall–Kier alpha value is -0.540. The van der Waals surface area contributed by atoms with Gasteiger partial charge in [0, 0.05) is 11.0 Å². The van der Waals surface area contributed by atoms with Crippen molar-refractivity contribution in [3.05, 3.63) is 34.3 Å². The molecule has 0 saturated carbocycles. The Morgan fingerprint density at radius 3 is 2.76 bits per heavy atom. The maximum atomic E-state index is 11.7. The summed E-state index contributed by atoms with van der Waals surface area (Å²) in [6, 6.07) is 7.74. The van der Waals surface area contributed by atoms with Gasteiger partial charge in [-0.3, -0.25) is 4.79 Å². The van der Waals surface area contributed by atoms with Crippen LogP contribution in [0, 0.1) is 5.92 Å². The van der Waals surface area contributed by atoms with Gasteiger partial charge in [0.15, 0.2) is 0 Å². The van der Waals surface area contributed by atoms with Crippen molar-refractivity contribution < 1.29 is 4.79 Å². The lowest BCUT2D eigenvalue weighted by atomic mass is 10.1. The van der Waals surface area contributed by atoms with Gasteiger partial charge in [0.2, 0.25) is 5.91 Å². The van der Waals surface area contributed by atoms with Crippen LogP contribution >= 0.6 is 27.5 Å². The van der Waals surface area contributed by atoms with Crippen molar-refractivity contribution in [2.45, 2.75) is 25.6 Å². The molecule has 1 aromatic rings. The van der Waals surface area contributed by atoms with E-state index in [9.17, 15) is 4.79 Å². The quantitative estimate of drug-likeness (QED) is 0.829. The van der Waals surface area contributed by atoms with Crippen LogP contribution in [-0.2, 0) is 11.2 Å². The van der Waals surface area contributed by atoms with Crippen molar-refractivity contribution in [2.75, 3.05) is 6.54 Å². The lowest BCUT2D eigenvalue weighted by molar-refractivity contribution is -0.120. The molecule has 1 amide bonds. The van der Waals surface area contributed by atoms with Crippen molar-refractivity contribution in [3.63, 3.8) is 0 Å². The van der Waals surface area contributed by atoms with E-state index in [2.05, 4.69) is 21.2 Å². The summed E-state index contributed by atoms with van der Waals surface area (Å²) in [5.41, 5.74) is 0.993. The van der Waals surface area contributed by atoms with Crippen LogP contribution in [0.2, 0.25) is 0 Å². The summed E-state index contributed by atoms with van der Waals surface area (Å²) in [5, 5.41) is 2.83. The number of carbonyl (C=O) groups is 1. The highest BCUT2D eigenvalue weighted by Gasteiger charge is 2.11. The SMILES string of the molecule is CC(C)C(Cl)CNC(=O)Cc1cccc(Br)c1. The summed E-state index contributed by atoms with van der Waals surface area (Å²) < 4.78 is 0.986. The van der Waals surface area contributed by atoms with Gasteiger partial charge in [0.1, 0.15) is 0 Å². The third kappa shape index (κ3) is 5.55. The first-order chi connectivity index (χ1) is 7.99. The topological polar surface area (TPSA) is 29.1 Å². The Kier molecular flexibility index (Phi) is 6.00. The zero-order valence-electron chi connectivity index (χ0n) is 10.0. The zero-order valence-corrected chi connectivity index (χ0v) is 12.4. The van der Waals surface area contributed by atoms with Crippen molar-refractivity contribution in [1.29, 1.82) is 0 Å². The number of hydrogen-bond acceptors (Lipinski definition) is 1. The summed E-state index contributed by atoms with van der Waals surface area (Å²) in [6.45, 7) is 4.60. The molecule has 0 aliphatic carbocycles. The van der Waals surface area contributed by atoms with Gasteiger partial charge < -0.3 is 5.32 Å². The van der Waals surface area contributed by atoms with Gasteiger partial charge in [-0.2, -0.15) is 0 Å². The molecular weight excluding hydrogens is 302 g/mol. The molecule has 0 fully saturated rings. The van der Waals surface area contributed by atoms with E-state index in [-0.39, 0.29) is 11.3 Å². The average Bonchev–Trinajstić information content (AvgIpc) is 2.25. The molecule has 0 bridgehead atoms. The standard InChI is InChI=1S/C13H17BrClNO/c1-9(2)12(15)8-16-13(17)7-10-4-3-5-11(14)6-10/h3-6,9,12H,7-8H2,1-2H3,(H,16,17). The molecule has 1 unspecified atom stereocenters. The number of alkyl halides is 1. The van der Waals surface area contributed by atoms with Gasteiger partial charge in [0.05, 0.1) is 11.8 Å². The second-order valence-electron chi connectivity index (χ2n) is 4.37. The van der Waals surface area contributed by atoms with E-state index >= 15 is 0 Å². The van der Waals surface area contributed by atoms with Gasteiger partial charge in [-0.1, -0.05) is 41.9 Å². The van der Waals surface area contributed by atoms with Gasteiger partial charge in [0.25, 0.3) is 0 Å². The van der Waals surface area contributed by atoms with Crippen molar-refractivity contribution in [3.8, 4) is 0 Å². The van der Waals surface area contributed by atoms with E-state index in [1.54, 1.807) is 0 Å². The Morgan fingerprint density at radius 2 is 2.18 bits per heavy atom. The Labute approximate surface area is 116 Å². The molecule has 0 aliphatic heterocycles. The predicted octanol–water partition coefficient (Wildman–Crippen LogP) is 3.37. The van der Waals surface area contributed by atoms with Crippen LogP contribution in [0.1, 0.15) is 19.4 Å². The third-order valence-corrected chi connectivity index (χ3v) is 3.62. The molecule has 1 atom stereocenters. The summed E-state index contributed by atoms with van der Waals surface area (Å²) in [6.07, 6.45) is 0.390. The summed E-state index contributed by atoms with van der Waals surface area (Å²) in [4.78, 5) is 11.7. The summed E-state index contributed by atoms with van der Waals surface area (Å²) >= 11 is 9.45. The van der Waals surface area contributed by atoms with Crippen molar-refractivity contribution in [1.82, 2.24) is 5.32 Å². The fraction of sp³-hybridized carbons (Fsp3) is 0.462. The van der Waals surface area contributed by atoms with Gasteiger partial charge in [-0.05, 0) is 23.6 Å². The summed E-state index contributed by atoms with van der Waals surface area (Å²) in [5.74, 6) is 0.372. The number of carbonyl (C=O) groups excluding carboxylic acids is 1. The number of halogens is 2. The smallest absolute Gasteiger partial charge is 0.224 e. The van der Waals surface area contributed by atoms with E-state index in [0.29, 0.717) is 18.9 Å². The van der Waals surface area contributed by atoms with E-state index < -0.39 is 0 Å². The van der Waals surface area contributed by atoms with Gasteiger partial charge in [-0.15, -0.1) is 11.6 Å². The van der Waals surface area contributed by atoms with Crippen molar-refractivity contribution in [2.24, 2.45) is 5.92 Å². The minimum absolute atomic E-state index is 0.00870. The molecule has 0 spiro atoms. The Balaban J connectivity index is 2.40. The molecule has 0 radical (unpaired) electrons. The number of hydrogen-bond donors (Lipinski definition) is 1. The van der Waals surface area contributed by atoms with Crippen molar-refractivity contribution >= 4 is 33.4 Å². The largest absolute Gasteiger partial charge is 0.354 e.